The predicted octanol–water partition coefficient (Wildman–Crippen LogP) is 2.27. The average molecular weight is 155 g/mol. The van der Waals surface area contributed by atoms with E-state index < -0.39 is 0 Å². The van der Waals surface area contributed by atoms with Gasteiger partial charge in [-0.2, -0.15) is 12.6 Å². The minimum absolute atomic E-state index is 0.509. The molecule has 1 unspecified atom stereocenters. The maximum atomic E-state index is 4.30. The van der Waals surface area contributed by atoms with Gasteiger partial charge in [0.15, 0.2) is 0 Å². The summed E-state index contributed by atoms with van der Waals surface area (Å²) in [4.78, 5) is 3.03. The molecule has 1 aromatic rings. The van der Waals surface area contributed by atoms with Crippen molar-refractivity contribution in [1.29, 1.82) is 0 Å². The quantitative estimate of drug-likeness (QED) is 0.623. The van der Waals surface area contributed by atoms with Gasteiger partial charge < -0.3 is 4.98 Å². The third-order valence-corrected chi connectivity index (χ3v) is 1.77. The molecule has 0 aliphatic rings. The standard InChI is InChI=1S/C8H13NS/c1-7(10)2-3-8-4-5-9-6-8/h4-7,9-10H,2-3H2,1H3. The molecule has 0 saturated carbocycles. The van der Waals surface area contributed by atoms with Crippen LogP contribution < -0.4 is 0 Å². The summed E-state index contributed by atoms with van der Waals surface area (Å²) in [6.45, 7) is 2.12. The van der Waals surface area contributed by atoms with E-state index in [4.69, 9.17) is 0 Å². The normalized spacial score (nSPS) is 13.4. The first-order valence-corrected chi connectivity index (χ1v) is 4.10. The largest absolute Gasteiger partial charge is 0.367 e. The molecule has 1 atom stereocenters. The fourth-order valence-corrected chi connectivity index (χ4v) is 1.02. The van der Waals surface area contributed by atoms with Crippen LogP contribution in [0.2, 0.25) is 0 Å². The number of H-pyrrole nitrogens is 1. The summed E-state index contributed by atoms with van der Waals surface area (Å²) in [5.41, 5.74) is 1.38. The molecule has 2 heteroatoms. The Kier molecular flexibility index (Phi) is 2.87. The van der Waals surface area contributed by atoms with Crippen molar-refractivity contribution in [2.75, 3.05) is 0 Å². The summed E-state index contributed by atoms with van der Waals surface area (Å²) >= 11 is 4.30. The molecule has 0 amide bonds. The van der Waals surface area contributed by atoms with E-state index in [0.29, 0.717) is 5.25 Å². The highest BCUT2D eigenvalue weighted by Crippen LogP contribution is 2.06. The molecule has 0 aliphatic carbocycles. The molecule has 1 nitrogen and oxygen atoms in total. The van der Waals surface area contributed by atoms with Gasteiger partial charge in [0.2, 0.25) is 0 Å². The average Bonchev–Trinajstić information content (AvgIpc) is 2.34. The Balaban J connectivity index is 2.28. The van der Waals surface area contributed by atoms with Crippen molar-refractivity contribution < 1.29 is 0 Å². The first-order valence-electron chi connectivity index (χ1n) is 3.59. The monoisotopic (exact) mass is 155 g/mol. The maximum absolute atomic E-state index is 4.30. The van der Waals surface area contributed by atoms with Crippen molar-refractivity contribution >= 4 is 12.6 Å². The minimum Gasteiger partial charge on any atom is -0.367 e. The van der Waals surface area contributed by atoms with Crippen molar-refractivity contribution in [2.45, 2.75) is 25.0 Å². The lowest BCUT2D eigenvalue weighted by Gasteiger charge is -2.00. The van der Waals surface area contributed by atoms with Crippen molar-refractivity contribution in [1.82, 2.24) is 4.98 Å². The van der Waals surface area contributed by atoms with Crippen LogP contribution in [-0.2, 0) is 6.42 Å². The van der Waals surface area contributed by atoms with Crippen molar-refractivity contribution in [2.24, 2.45) is 0 Å². The molecule has 10 heavy (non-hydrogen) atoms. The number of aromatic nitrogens is 1. The SMILES string of the molecule is CC(S)CCc1cc[nH]c1. The smallest absolute Gasteiger partial charge is 0.00373 e. The van der Waals surface area contributed by atoms with Gasteiger partial charge in [-0.1, -0.05) is 6.92 Å². The maximum Gasteiger partial charge on any atom is 0.00373 e. The van der Waals surface area contributed by atoms with Gasteiger partial charge in [-0.05, 0) is 29.7 Å². The molecule has 0 fully saturated rings. The van der Waals surface area contributed by atoms with Gasteiger partial charge in [-0.25, -0.2) is 0 Å². The Bertz CT molecular complexity index is 167. The third kappa shape index (κ3) is 2.48. The lowest BCUT2D eigenvalue weighted by Crippen LogP contribution is -1.92. The molecular weight excluding hydrogens is 142 g/mol. The van der Waals surface area contributed by atoms with Crippen LogP contribution in [0.5, 0.6) is 0 Å². The van der Waals surface area contributed by atoms with Crippen molar-refractivity contribution in [3.8, 4) is 0 Å². The number of hydrogen-bond donors (Lipinski definition) is 2. The van der Waals surface area contributed by atoms with Crippen LogP contribution in [0.3, 0.4) is 0 Å². The fraction of sp³-hybridized carbons (Fsp3) is 0.500. The zero-order valence-electron chi connectivity index (χ0n) is 6.17. The highest BCUT2D eigenvalue weighted by molar-refractivity contribution is 7.80. The summed E-state index contributed by atoms with van der Waals surface area (Å²) in [7, 11) is 0. The van der Waals surface area contributed by atoms with Crippen LogP contribution in [0.1, 0.15) is 18.9 Å². The first-order chi connectivity index (χ1) is 4.79. The lowest BCUT2D eigenvalue weighted by molar-refractivity contribution is 0.817. The van der Waals surface area contributed by atoms with Gasteiger partial charge >= 0.3 is 0 Å². The van der Waals surface area contributed by atoms with E-state index in [9.17, 15) is 0 Å². The summed E-state index contributed by atoms with van der Waals surface area (Å²) < 4.78 is 0. The van der Waals surface area contributed by atoms with Crippen LogP contribution in [-0.4, -0.2) is 10.2 Å². The highest BCUT2D eigenvalue weighted by atomic mass is 32.1. The van der Waals surface area contributed by atoms with Gasteiger partial charge in [-0.3, -0.25) is 0 Å². The molecular formula is C8H13NS. The minimum atomic E-state index is 0.509. The molecule has 1 aromatic heterocycles. The van der Waals surface area contributed by atoms with Crippen LogP contribution in [0.15, 0.2) is 18.5 Å². The Morgan fingerprint density at radius 1 is 1.70 bits per heavy atom. The van der Waals surface area contributed by atoms with Gasteiger partial charge in [0, 0.05) is 12.4 Å². The van der Waals surface area contributed by atoms with Gasteiger partial charge in [-0.15, -0.1) is 0 Å². The Labute approximate surface area is 67.3 Å². The molecule has 0 bridgehead atoms. The molecule has 0 aliphatic heterocycles. The molecule has 0 saturated heterocycles. The van der Waals surface area contributed by atoms with Crippen LogP contribution >= 0.6 is 12.6 Å². The second-order valence-corrected chi connectivity index (χ2v) is 3.49. The van der Waals surface area contributed by atoms with E-state index in [1.54, 1.807) is 0 Å². The molecule has 0 aromatic carbocycles. The number of rotatable bonds is 3. The molecule has 1 N–H and O–H groups in total. The Hall–Kier alpha value is -0.370. The molecule has 0 spiro atoms. The summed E-state index contributed by atoms with van der Waals surface area (Å²) in [6.07, 6.45) is 6.28. The van der Waals surface area contributed by atoms with E-state index in [1.165, 1.54) is 5.56 Å². The zero-order valence-corrected chi connectivity index (χ0v) is 7.07. The van der Waals surface area contributed by atoms with E-state index in [-0.39, 0.29) is 0 Å². The second kappa shape index (κ2) is 3.71. The van der Waals surface area contributed by atoms with Crippen molar-refractivity contribution in [3.05, 3.63) is 24.0 Å². The van der Waals surface area contributed by atoms with E-state index in [1.807, 2.05) is 12.4 Å². The first kappa shape index (κ1) is 7.73. The number of aromatic amines is 1. The number of thiol groups is 1. The summed E-state index contributed by atoms with van der Waals surface area (Å²) in [5.74, 6) is 0. The molecule has 1 rings (SSSR count). The van der Waals surface area contributed by atoms with E-state index in [0.717, 1.165) is 12.8 Å². The van der Waals surface area contributed by atoms with E-state index >= 15 is 0 Å². The van der Waals surface area contributed by atoms with Crippen LogP contribution in [0.25, 0.3) is 0 Å². The lowest BCUT2D eigenvalue weighted by atomic mass is 10.1. The van der Waals surface area contributed by atoms with Gasteiger partial charge in [0.05, 0.1) is 0 Å². The topological polar surface area (TPSA) is 15.8 Å². The van der Waals surface area contributed by atoms with E-state index in [2.05, 4.69) is 30.6 Å². The summed E-state index contributed by atoms with van der Waals surface area (Å²) in [6, 6.07) is 2.11. The molecule has 0 radical (unpaired) electrons. The third-order valence-electron chi connectivity index (χ3n) is 1.51. The Morgan fingerprint density at radius 2 is 2.50 bits per heavy atom. The van der Waals surface area contributed by atoms with Gasteiger partial charge in [0.25, 0.3) is 0 Å². The Morgan fingerprint density at radius 3 is 3.00 bits per heavy atom. The zero-order chi connectivity index (χ0) is 7.40. The summed E-state index contributed by atoms with van der Waals surface area (Å²) in [5, 5.41) is 0.509. The number of nitrogens with one attached hydrogen (secondary N) is 1. The predicted molar refractivity (Wildman–Crippen MR) is 47.6 cm³/mol. The second-order valence-electron chi connectivity index (χ2n) is 2.61. The highest BCUT2D eigenvalue weighted by Gasteiger charge is 1.95. The van der Waals surface area contributed by atoms with Crippen molar-refractivity contribution in [3.63, 3.8) is 0 Å². The number of aryl methyl sites for hydroxylation is 1. The van der Waals surface area contributed by atoms with Gasteiger partial charge in [0.1, 0.15) is 0 Å². The van der Waals surface area contributed by atoms with Crippen LogP contribution in [0, 0.1) is 0 Å². The molecule has 56 valence electrons. The fourth-order valence-electron chi connectivity index (χ4n) is 0.889. The number of hydrogen-bond acceptors (Lipinski definition) is 1. The molecule has 1 heterocycles. The van der Waals surface area contributed by atoms with Crippen LogP contribution in [0.4, 0.5) is 0 Å².